The number of aryl methyl sites for hydroxylation is 2. The van der Waals surface area contributed by atoms with Gasteiger partial charge in [-0.05, 0) is 75.5 Å². The van der Waals surface area contributed by atoms with Gasteiger partial charge in [-0.15, -0.1) is 0 Å². The minimum absolute atomic E-state index is 0.0284. The minimum atomic E-state index is -3.96. The summed E-state index contributed by atoms with van der Waals surface area (Å²) in [6, 6.07) is 16.1. The van der Waals surface area contributed by atoms with Gasteiger partial charge in [-0.25, -0.2) is 18.1 Å². The average molecular weight is 561 g/mol. The fourth-order valence-electron chi connectivity index (χ4n) is 5.11. The van der Waals surface area contributed by atoms with Crippen molar-refractivity contribution in [2.24, 2.45) is 7.05 Å². The molecule has 0 radical (unpaired) electrons. The van der Waals surface area contributed by atoms with E-state index in [9.17, 15) is 8.42 Å². The number of hydrogen-bond acceptors (Lipinski definition) is 7. The zero-order chi connectivity index (χ0) is 28.3. The molecule has 0 aliphatic carbocycles. The molecular formula is C30H36N6O3S. The Morgan fingerprint density at radius 3 is 2.40 bits per heavy atom. The van der Waals surface area contributed by atoms with Crippen LogP contribution >= 0.6 is 0 Å². The summed E-state index contributed by atoms with van der Waals surface area (Å²) in [7, 11) is -0.128. The number of rotatable bonds is 9. The maximum Gasteiger partial charge on any atom is 0.267 e. The fourth-order valence-corrected chi connectivity index (χ4v) is 6.04. The number of anilines is 1. The molecule has 0 spiro atoms. The third-order valence-corrected chi connectivity index (χ3v) is 8.65. The second-order valence-electron chi connectivity index (χ2n) is 10.4. The first kappa shape index (κ1) is 27.8. The predicted molar refractivity (Wildman–Crippen MR) is 156 cm³/mol. The van der Waals surface area contributed by atoms with E-state index in [0.29, 0.717) is 29.7 Å². The van der Waals surface area contributed by atoms with Crippen LogP contribution in [0.15, 0.2) is 65.8 Å². The van der Waals surface area contributed by atoms with Crippen molar-refractivity contribution in [3.8, 4) is 22.9 Å². The Morgan fingerprint density at radius 1 is 1.02 bits per heavy atom. The van der Waals surface area contributed by atoms with Crippen LogP contribution < -0.4 is 9.46 Å². The molecule has 10 heteroatoms. The summed E-state index contributed by atoms with van der Waals surface area (Å²) in [4.78, 5) is 11.7. The highest BCUT2D eigenvalue weighted by Crippen LogP contribution is 2.36. The Bertz CT molecular complexity index is 1580. The van der Waals surface area contributed by atoms with Gasteiger partial charge in [-0.3, -0.25) is 4.68 Å². The number of benzene rings is 2. The molecule has 0 unspecified atom stereocenters. The summed E-state index contributed by atoms with van der Waals surface area (Å²) >= 11 is 0. The first-order chi connectivity index (χ1) is 19.2. The van der Waals surface area contributed by atoms with Crippen LogP contribution in [0.25, 0.3) is 11.3 Å². The van der Waals surface area contributed by atoms with E-state index in [1.807, 2.05) is 43.3 Å². The number of hydrogen-bond donors (Lipinski definition) is 1. The summed E-state index contributed by atoms with van der Waals surface area (Å²) in [5, 5.41) is 3.99. The van der Waals surface area contributed by atoms with Crippen LogP contribution in [-0.4, -0.2) is 53.2 Å². The lowest BCUT2D eigenvalue weighted by Crippen LogP contribution is -2.29. The van der Waals surface area contributed by atoms with Gasteiger partial charge in [0, 0.05) is 24.4 Å². The van der Waals surface area contributed by atoms with Crippen molar-refractivity contribution in [2.75, 3.05) is 24.9 Å². The lowest BCUT2D eigenvalue weighted by Gasteiger charge is -2.29. The number of ether oxygens (including phenoxy) is 1. The number of likely N-dealkylation sites (tertiary alicyclic amines) is 1. The largest absolute Gasteiger partial charge is 0.439 e. The predicted octanol–water partition coefficient (Wildman–Crippen LogP) is 5.54. The standard InChI is InChI=1S/C30H36N6O3S/c1-5-8-27-28(26-10-7-6-9-21(26)2)32-30(34-40(37,38)25-19-31-36(4)20-25)33-29(27)39-24-13-11-22(12-14-24)23-15-17-35(3)18-16-23/h6-7,9-14,19-20,23H,5,8,15-18H2,1-4H3,(H,32,33,34). The third kappa shape index (κ3) is 6.18. The highest BCUT2D eigenvalue weighted by molar-refractivity contribution is 7.92. The molecule has 1 saturated heterocycles. The molecule has 3 heterocycles. The number of aromatic nitrogens is 4. The van der Waals surface area contributed by atoms with Gasteiger partial charge in [0.2, 0.25) is 11.8 Å². The van der Waals surface area contributed by atoms with Crippen LogP contribution in [0.3, 0.4) is 0 Å². The van der Waals surface area contributed by atoms with Crippen LogP contribution in [0.1, 0.15) is 48.8 Å². The van der Waals surface area contributed by atoms with Crippen molar-refractivity contribution in [1.29, 1.82) is 0 Å². The molecule has 0 amide bonds. The highest BCUT2D eigenvalue weighted by atomic mass is 32.2. The normalized spacial score (nSPS) is 14.8. The van der Waals surface area contributed by atoms with E-state index in [1.54, 1.807) is 7.05 Å². The van der Waals surface area contributed by atoms with Crippen LogP contribution in [-0.2, 0) is 23.5 Å². The summed E-state index contributed by atoms with van der Waals surface area (Å²) < 4.78 is 36.6. The van der Waals surface area contributed by atoms with Crippen LogP contribution in [0, 0.1) is 6.92 Å². The van der Waals surface area contributed by atoms with E-state index >= 15 is 0 Å². The molecule has 4 aromatic rings. The van der Waals surface area contributed by atoms with Crippen molar-refractivity contribution in [3.05, 3.63) is 77.6 Å². The molecular weight excluding hydrogens is 524 g/mol. The lowest BCUT2D eigenvalue weighted by molar-refractivity contribution is 0.255. The van der Waals surface area contributed by atoms with Gasteiger partial charge in [0.1, 0.15) is 10.6 Å². The van der Waals surface area contributed by atoms with Crippen LogP contribution in [0.4, 0.5) is 5.95 Å². The smallest absolute Gasteiger partial charge is 0.267 e. The van der Waals surface area contributed by atoms with Gasteiger partial charge < -0.3 is 9.64 Å². The summed E-state index contributed by atoms with van der Waals surface area (Å²) in [5.74, 6) is 1.47. The van der Waals surface area contributed by atoms with Gasteiger partial charge in [-0.1, -0.05) is 49.7 Å². The van der Waals surface area contributed by atoms with Crippen molar-refractivity contribution in [3.63, 3.8) is 0 Å². The van der Waals surface area contributed by atoms with Crippen LogP contribution in [0.5, 0.6) is 11.6 Å². The second kappa shape index (κ2) is 11.8. The number of sulfonamides is 1. The first-order valence-electron chi connectivity index (χ1n) is 13.7. The summed E-state index contributed by atoms with van der Waals surface area (Å²) in [6.45, 7) is 6.29. The van der Waals surface area contributed by atoms with Gasteiger partial charge in [0.25, 0.3) is 10.0 Å². The fraction of sp³-hybridized carbons (Fsp3) is 0.367. The number of nitrogens with zero attached hydrogens (tertiary/aromatic N) is 5. The molecule has 0 atom stereocenters. The molecule has 2 aromatic carbocycles. The van der Waals surface area contributed by atoms with Crippen molar-refractivity contribution in [2.45, 2.75) is 50.3 Å². The van der Waals surface area contributed by atoms with Gasteiger partial charge in [0.05, 0.1) is 11.9 Å². The van der Waals surface area contributed by atoms with Crippen molar-refractivity contribution in [1.82, 2.24) is 24.6 Å². The second-order valence-corrected chi connectivity index (χ2v) is 12.1. The molecule has 0 bridgehead atoms. The zero-order valence-electron chi connectivity index (χ0n) is 23.5. The SMILES string of the molecule is CCCc1c(Oc2ccc(C3CCN(C)CC3)cc2)nc(NS(=O)(=O)c2cnn(C)c2)nc1-c1ccccc1C. The maximum absolute atomic E-state index is 13.1. The minimum Gasteiger partial charge on any atom is -0.439 e. The van der Waals surface area contributed by atoms with E-state index in [1.165, 1.54) is 22.6 Å². The highest BCUT2D eigenvalue weighted by Gasteiger charge is 2.23. The monoisotopic (exact) mass is 560 g/mol. The first-order valence-corrected chi connectivity index (χ1v) is 15.2. The number of piperidine rings is 1. The van der Waals surface area contributed by atoms with E-state index in [2.05, 4.69) is 45.8 Å². The van der Waals surface area contributed by atoms with E-state index in [0.717, 1.165) is 49.0 Å². The average Bonchev–Trinajstić information content (AvgIpc) is 3.38. The van der Waals surface area contributed by atoms with Crippen molar-refractivity contribution < 1.29 is 13.2 Å². The number of nitrogens with one attached hydrogen (secondary N) is 1. The molecule has 1 aliphatic heterocycles. The molecule has 1 fully saturated rings. The lowest BCUT2D eigenvalue weighted by atomic mass is 9.90. The molecule has 2 aromatic heterocycles. The van der Waals surface area contributed by atoms with Crippen molar-refractivity contribution >= 4 is 16.0 Å². The topological polar surface area (TPSA) is 102 Å². The zero-order valence-corrected chi connectivity index (χ0v) is 24.3. The Kier molecular flexibility index (Phi) is 8.18. The van der Waals surface area contributed by atoms with Crippen LogP contribution in [0.2, 0.25) is 0 Å². The Labute approximate surface area is 236 Å². The van der Waals surface area contributed by atoms with Gasteiger partial charge in [0.15, 0.2) is 0 Å². The summed E-state index contributed by atoms with van der Waals surface area (Å²) in [5.41, 5.74) is 4.71. The third-order valence-electron chi connectivity index (χ3n) is 7.37. The van der Waals surface area contributed by atoms with E-state index in [-0.39, 0.29) is 10.8 Å². The molecule has 5 rings (SSSR count). The Hall–Kier alpha value is -3.76. The summed E-state index contributed by atoms with van der Waals surface area (Å²) in [6.07, 6.45) is 6.52. The quantitative estimate of drug-likeness (QED) is 0.287. The molecule has 40 heavy (non-hydrogen) atoms. The molecule has 1 aliphatic rings. The van der Waals surface area contributed by atoms with E-state index in [4.69, 9.17) is 9.72 Å². The van der Waals surface area contributed by atoms with Gasteiger partial charge in [-0.2, -0.15) is 10.1 Å². The Balaban J connectivity index is 1.53. The Morgan fingerprint density at radius 2 is 1.75 bits per heavy atom. The van der Waals surface area contributed by atoms with E-state index < -0.39 is 10.0 Å². The van der Waals surface area contributed by atoms with Gasteiger partial charge >= 0.3 is 0 Å². The molecule has 1 N–H and O–H groups in total. The molecule has 210 valence electrons. The maximum atomic E-state index is 13.1. The molecule has 0 saturated carbocycles. The molecule has 9 nitrogen and oxygen atoms in total.